The van der Waals surface area contributed by atoms with Gasteiger partial charge in [0.15, 0.2) is 11.5 Å². The van der Waals surface area contributed by atoms with Crippen LogP contribution in [0.15, 0.2) is 54.6 Å². The SMILES string of the molecule is COc1ccc(N2C(=O)c3ccccc3NC2c2cc(O)c(O)c(OC)c2)c(OC)c1. The molecule has 0 saturated heterocycles. The molecule has 31 heavy (non-hydrogen) atoms. The predicted molar refractivity (Wildman–Crippen MR) is 115 cm³/mol. The van der Waals surface area contributed by atoms with Crippen LogP contribution in [0.3, 0.4) is 0 Å². The molecule has 0 radical (unpaired) electrons. The van der Waals surface area contributed by atoms with Gasteiger partial charge in [0.25, 0.3) is 5.91 Å². The van der Waals surface area contributed by atoms with E-state index in [1.807, 2.05) is 6.07 Å². The first kappa shape index (κ1) is 20.2. The zero-order valence-electron chi connectivity index (χ0n) is 17.2. The lowest BCUT2D eigenvalue weighted by molar-refractivity contribution is 0.0974. The lowest BCUT2D eigenvalue weighted by atomic mass is 10.0. The summed E-state index contributed by atoms with van der Waals surface area (Å²) < 4.78 is 16.0. The van der Waals surface area contributed by atoms with Crippen LogP contribution in [0.25, 0.3) is 0 Å². The number of carbonyl (C=O) groups is 1. The Bertz CT molecular complexity index is 1150. The Morgan fingerprint density at radius 3 is 2.35 bits per heavy atom. The number of anilines is 2. The summed E-state index contributed by atoms with van der Waals surface area (Å²) >= 11 is 0. The van der Waals surface area contributed by atoms with Crippen LogP contribution in [-0.2, 0) is 0 Å². The number of amides is 1. The molecule has 3 aromatic carbocycles. The van der Waals surface area contributed by atoms with E-state index in [0.29, 0.717) is 34.0 Å². The van der Waals surface area contributed by atoms with Crippen LogP contribution in [0.2, 0.25) is 0 Å². The van der Waals surface area contributed by atoms with Crippen LogP contribution in [0.4, 0.5) is 11.4 Å². The van der Waals surface area contributed by atoms with Gasteiger partial charge in [-0.05, 0) is 36.4 Å². The highest BCUT2D eigenvalue weighted by atomic mass is 16.5. The molecule has 1 amide bonds. The fraction of sp³-hybridized carbons (Fsp3) is 0.174. The molecular formula is C23H22N2O6. The monoisotopic (exact) mass is 422 g/mol. The maximum atomic E-state index is 13.6. The van der Waals surface area contributed by atoms with Crippen molar-refractivity contribution in [2.75, 3.05) is 31.5 Å². The largest absolute Gasteiger partial charge is 0.504 e. The maximum absolute atomic E-state index is 13.6. The van der Waals surface area contributed by atoms with E-state index in [-0.39, 0.29) is 23.2 Å². The van der Waals surface area contributed by atoms with Crippen LogP contribution in [0, 0.1) is 0 Å². The van der Waals surface area contributed by atoms with E-state index in [1.165, 1.54) is 25.2 Å². The van der Waals surface area contributed by atoms with Crippen molar-refractivity contribution in [2.45, 2.75) is 6.17 Å². The Kier molecular flexibility index (Phi) is 5.21. The van der Waals surface area contributed by atoms with Gasteiger partial charge in [0.05, 0.1) is 32.6 Å². The highest BCUT2D eigenvalue weighted by Gasteiger charge is 2.36. The molecule has 1 aliphatic heterocycles. The van der Waals surface area contributed by atoms with Crippen molar-refractivity contribution in [3.63, 3.8) is 0 Å². The molecule has 0 aliphatic carbocycles. The number of nitrogens with one attached hydrogen (secondary N) is 1. The molecule has 1 aliphatic rings. The van der Waals surface area contributed by atoms with Gasteiger partial charge in [-0.25, -0.2) is 0 Å². The summed E-state index contributed by atoms with van der Waals surface area (Å²) in [4.78, 5) is 15.1. The van der Waals surface area contributed by atoms with Crippen molar-refractivity contribution < 1.29 is 29.2 Å². The van der Waals surface area contributed by atoms with Crippen LogP contribution in [0.5, 0.6) is 28.7 Å². The van der Waals surface area contributed by atoms with Gasteiger partial charge in [0.2, 0.25) is 5.75 Å². The van der Waals surface area contributed by atoms with Gasteiger partial charge >= 0.3 is 0 Å². The van der Waals surface area contributed by atoms with Gasteiger partial charge in [0, 0.05) is 17.3 Å². The fourth-order valence-corrected chi connectivity index (χ4v) is 3.65. The summed E-state index contributed by atoms with van der Waals surface area (Å²) in [5, 5.41) is 23.6. The lowest BCUT2D eigenvalue weighted by Crippen LogP contribution is -2.43. The van der Waals surface area contributed by atoms with Gasteiger partial charge in [-0.2, -0.15) is 0 Å². The van der Waals surface area contributed by atoms with Gasteiger partial charge in [-0.15, -0.1) is 0 Å². The molecule has 8 nitrogen and oxygen atoms in total. The van der Waals surface area contributed by atoms with E-state index in [2.05, 4.69) is 5.32 Å². The third-order valence-corrected chi connectivity index (χ3v) is 5.19. The van der Waals surface area contributed by atoms with E-state index in [9.17, 15) is 15.0 Å². The first-order chi connectivity index (χ1) is 15.0. The Morgan fingerprint density at radius 2 is 1.65 bits per heavy atom. The third kappa shape index (κ3) is 3.42. The summed E-state index contributed by atoms with van der Waals surface area (Å²) in [5.74, 6) is 0.123. The number of benzene rings is 3. The molecule has 0 aromatic heterocycles. The van der Waals surface area contributed by atoms with E-state index in [1.54, 1.807) is 49.6 Å². The van der Waals surface area contributed by atoms with Gasteiger partial charge in [-0.1, -0.05) is 12.1 Å². The molecule has 0 spiro atoms. The quantitative estimate of drug-likeness (QED) is 0.536. The number of hydrogen-bond acceptors (Lipinski definition) is 7. The maximum Gasteiger partial charge on any atom is 0.262 e. The zero-order chi connectivity index (χ0) is 22.1. The number of methoxy groups -OCH3 is 3. The Labute approximate surface area is 179 Å². The molecule has 4 rings (SSSR count). The van der Waals surface area contributed by atoms with Crippen molar-refractivity contribution in [2.24, 2.45) is 0 Å². The second-order valence-corrected chi connectivity index (χ2v) is 6.90. The first-order valence-corrected chi connectivity index (χ1v) is 9.49. The van der Waals surface area contributed by atoms with Gasteiger partial charge in [0.1, 0.15) is 17.7 Å². The number of aromatic hydroxyl groups is 2. The highest BCUT2D eigenvalue weighted by molar-refractivity contribution is 6.12. The van der Waals surface area contributed by atoms with Crippen molar-refractivity contribution in [1.82, 2.24) is 0 Å². The topological polar surface area (TPSA) is 100 Å². The number of ether oxygens (including phenoxy) is 3. The number of rotatable bonds is 5. The number of nitrogens with zero attached hydrogens (tertiary/aromatic N) is 1. The molecular weight excluding hydrogens is 400 g/mol. The minimum Gasteiger partial charge on any atom is -0.504 e. The third-order valence-electron chi connectivity index (χ3n) is 5.19. The average molecular weight is 422 g/mol. The summed E-state index contributed by atoms with van der Waals surface area (Å²) in [6.45, 7) is 0. The fourth-order valence-electron chi connectivity index (χ4n) is 3.65. The molecule has 1 atom stereocenters. The predicted octanol–water partition coefficient (Wildman–Crippen LogP) is 3.89. The molecule has 8 heteroatoms. The Morgan fingerprint density at radius 1 is 0.903 bits per heavy atom. The zero-order valence-corrected chi connectivity index (χ0v) is 17.2. The summed E-state index contributed by atoms with van der Waals surface area (Å²) in [6, 6.07) is 15.3. The molecule has 3 N–H and O–H groups in total. The molecule has 3 aromatic rings. The molecule has 1 heterocycles. The minimum atomic E-state index is -0.718. The first-order valence-electron chi connectivity index (χ1n) is 9.49. The lowest BCUT2D eigenvalue weighted by Gasteiger charge is -2.38. The van der Waals surface area contributed by atoms with Crippen LogP contribution in [-0.4, -0.2) is 37.4 Å². The van der Waals surface area contributed by atoms with Crippen LogP contribution < -0.4 is 24.4 Å². The van der Waals surface area contributed by atoms with E-state index in [4.69, 9.17) is 14.2 Å². The summed E-state index contributed by atoms with van der Waals surface area (Å²) in [6.07, 6.45) is -0.718. The molecule has 160 valence electrons. The van der Waals surface area contributed by atoms with Gasteiger partial charge < -0.3 is 29.7 Å². The number of para-hydroxylation sites is 1. The Hall–Kier alpha value is -4.07. The number of carbonyl (C=O) groups excluding carboxylic acids is 1. The highest BCUT2D eigenvalue weighted by Crippen LogP contribution is 2.45. The minimum absolute atomic E-state index is 0.0877. The Balaban J connectivity index is 1.92. The number of phenols is 2. The van der Waals surface area contributed by atoms with Gasteiger partial charge in [-0.3, -0.25) is 9.69 Å². The van der Waals surface area contributed by atoms with E-state index < -0.39 is 6.17 Å². The summed E-state index contributed by atoms with van der Waals surface area (Å²) in [7, 11) is 4.45. The van der Waals surface area contributed by atoms with E-state index in [0.717, 1.165) is 0 Å². The molecule has 0 saturated carbocycles. The average Bonchev–Trinajstić information content (AvgIpc) is 2.80. The molecule has 0 fully saturated rings. The van der Waals surface area contributed by atoms with Crippen molar-refractivity contribution in [3.05, 3.63) is 65.7 Å². The van der Waals surface area contributed by atoms with Crippen LogP contribution in [0.1, 0.15) is 22.1 Å². The normalized spacial score (nSPS) is 15.1. The number of hydrogen-bond donors (Lipinski definition) is 3. The molecule has 1 unspecified atom stereocenters. The van der Waals surface area contributed by atoms with Crippen molar-refractivity contribution in [1.29, 1.82) is 0 Å². The van der Waals surface area contributed by atoms with Crippen LogP contribution >= 0.6 is 0 Å². The summed E-state index contributed by atoms with van der Waals surface area (Å²) in [5.41, 5.74) is 2.15. The second-order valence-electron chi connectivity index (χ2n) is 6.90. The smallest absolute Gasteiger partial charge is 0.262 e. The van der Waals surface area contributed by atoms with E-state index >= 15 is 0 Å². The number of fused-ring (bicyclic) bond motifs is 1. The standard InChI is InChI=1S/C23H22N2O6/c1-29-14-8-9-17(19(12-14)30-2)25-22(13-10-18(26)21(27)20(11-13)31-3)24-16-7-5-4-6-15(16)23(25)28/h4-12,22,24,26-27H,1-3H3. The molecule has 0 bridgehead atoms. The second kappa shape index (κ2) is 7.98. The van der Waals surface area contributed by atoms with Crippen molar-refractivity contribution in [3.8, 4) is 28.7 Å². The number of phenolic OH excluding ortho intramolecular Hbond substituents is 2. The van der Waals surface area contributed by atoms with Crippen molar-refractivity contribution >= 4 is 17.3 Å².